The Morgan fingerprint density at radius 2 is 1.26 bits per heavy atom. The van der Waals surface area contributed by atoms with Gasteiger partial charge in [0, 0.05) is 21.5 Å². The molecule has 0 radical (unpaired) electrons. The molecule has 0 aliphatic carbocycles. The Balaban J connectivity index is 1.25. The van der Waals surface area contributed by atoms with Gasteiger partial charge in [-0.3, -0.25) is 0 Å². The highest BCUT2D eigenvalue weighted by atomic mass is 15.2. The van der Waals surface area contributed by atoms with E-state index in [2.05, 4.69) is 36.3 Å². The van der Waals surface area contributed by atoms with Crippen molar-refractivity contribution >= 4 is 78.4 Å². The van der Waals surface area contributed by atoms with Gasteiger partial charge in [-0.05, 0) is 42.5 Å². The third-order valence-electron chi connectivity index (χ3n) is 7.13. The predicted molar refractivity (Wildman–Crippen MR) is 170 cm³/mol. The van der Waals surface area contributed by atoms with Gasteiger partial charge in [0.15, 0.2) is 11.6 Å². The average Bonchev–Trinajstić information content (AvgIpc) is 3.05. The third-order valence-corrected chi connectivity index (χ3v) is 7.13. The zero-order valence-corrected chi connectivity index (χ0v) is 22.6. The molecule has 4 aromatic carbocycles. The molecule has 0 spiro atoms. The predicted octanol–water partition coefficient (Wildman–Crippen LogP) is 7.30. The molecule has 43 heavy (non-hydrogen) atoms. The highest BCUT2D eigenvalue weighted by molar-refractivity contribution is 6.03. The molecule has 204 valence electrons. The first-order valence-corrected chi connectivity index (χ1v) is 13.7. The molecule has 0 saturated heterocycles. The van der Waals surface area contributed by atoms with Gasteiger partial charge in [-0.25, -0.2) is 9.97 Å². The molecular weight excluding hydrogens is 536 g/mol. The molecule has 4 heterocycles. The number of aromatic nitrogens is 7. The van der Waals surface area contributed by atoms with Crippen LogP contribution in [0.3, 0.4) is 0 Å². The third kappa shape index (κ3) is 4.72. The number of nitrogens with zero attached hydrogens (tertiary/aromatic N) is 7. The lowest BCUT2D eigenvalue weighted by atomic mass is 10.1. The van der Waals surface area contributed by atoms with E-state index in [1.54, 1.807) is 6.20 Å². The number of para-hydroxylation sites is 1. The Morgan fingerprint density at radius 3 is 2.19 bits per heavy atom. The van der Waals surface area contributed by atoms with Crippen LogP contribution < -0.4 is 16.0 Å². The highest BCUT2D eigenvalue weighted by Crippen LogP contribution is 2.34. The van der Waals surface area contributed by atoms with E-state index in [4.69, 9.17) is 15.0 Å². The molecule has 0 aliphatic heterocycles. The van der Waals surface area contributed by atoms with Crippen molar-refractivity contribution in [2.75, 3.05) is 16.0 Å². The monoisotopic (exact) mass is 558 g/mol. The Kier molecular flexibility index (Phi) is 5.85. The SMILES string of the molecule is c1ccc2nnc(Nc3nc(Nc4nncc5ccccc45)nc4cccc(Nc5ccc6ccccc6n5)c34)cc2c1. The largest absolute Gasteiger partial charge is 0.340 e. The number of hydrogen-bond donors (Lipinski definition) is 3. The fraction of sp³-hybridized carbons (Fsp3) is 0. The topological polar surface area (TPSA) is 126 Å². The second-order valence-corrected chi connectivity index (χ2v) is 9.93. The number of fused-ring (bicyclic) bond motifs is 4. The molecule has 0 saturated carbocycles. The summed E-state index contributed by atoms with van der Waals surface area (Å²) in [5.74, 6) is 2.71. The summed E-state index contributed by atoms with van der Waals surface area (Å²) >= 11 is 0. The van der Waals surface area contributed by atoms with E-state index in [0.29, 0.717) is 34.7 Å². The molecule has 0 aliphatic rings. The number of nitrogens with one attached hydrogen (secondary N) is 3. The van der Waals surface area contributed by atoms with Crippen LogP contribution in [0.5, 0.6) is 0 Å². The molecule has 8 aromatic rings. The molecule has 3 N–H and O–H groups in total. The first kappa shape index (κ1) is 24.5. The lowest BCUT2D eigenvalue weighted by Gasteiger charge is -2.15. The van der Waals surface area contributed by atoms with Gasteiger partial charge in [0.25, 0.3) is 0 Å². The maximum absolute atomic E-state index is 4.90. The van der Waals surface area contributed by atoms with Crippen LogP contribution in [0.2, 0.25) is 0 Å². The van der Waals surface area contributed by atoms with E-state index >= 15 is 0 Å². The second-order valence-electron chi connectivity index (χ2n) is 9.93. The van der Waals surface area contributed by atoms with Gasteiger partial charge >= 0.3 is 0 Å². The number of anilines is 6. The smallest absolute Gasteiger partial charge is 0.231 e. The number of hydrogen-bond acceptors (Lipinski definition) is 10. The minimum Gasteiger partial charge on any atom is -0.340 e. The van der Waals surface area contributed by atoms with Gasteiger partial charge < -0.3 is 16.0 Å². The van der Waals surface area contributed by atoms with Crippen molar-refractivity contribution in [1.29, 1.82) is 0 Å². The Hall–Kier alpha value is -6.29. The summed E-state index contributed by atoms with van der Waals surface area (Å²) in [4.78, 5) is 14.6. The minimum atomic E-state index is 0.357. The summed E-state index contributed by atoms with van der Waals surface area (Å²) in [6, 6.07) is 35.5. The van der Waals surface area contributed by atoms with Crippen LogP contribution in [-0.4, -0.2) is 35.3 Å². The number of rotatable bonds is 6. The standard InChI is InChI=1S/C33H22N10/c1-4-11-23-22(10-1)19-34-43-31(23)39-33-37-27-15-7-14-26(36-28-17-16-20-8-2-5-12-24(20)35-28)30(27)32(40-33)38-29-18-21-9-3-6-13-25(21)41-42-29/h1-19H,(H,35,36)(H2,37,38,39,40,42,43). The molecule has 0 fully saturated rings. The fourth-order valence-corrected chi connectivity index (χ4v) is 5.10. The fourth-order valence-electron chi connectivity index (χ4n) is 5.10. The van der Waals surface area contributed by atoms with Gasteiger partial charge in [0.2, 0.25) is 5.95 Å². The van der Waals surface area contributed by atoms with Crippen LogP contribution in [0.1, 0.15) is 0 Å². The lowest BCUT2D eigenvalue weighted by Crippen LogP contribution is -2.06. The zero-order valence-electron chi connectivity index (χ0n) is 22.6. The zero-order chi connectivity index (χ0) is 28.6. The van der Waals surface area contributed by atoms with Crippen LogP contribution in [0.15, 0.2) is 115 Å². The van der Waals surface area contributed by atoms with Gasteiger partial charge in [0.1, 0.15) is 11.6 Å². The first-order chi connectivity index (χ1) is 21.3. The van der Waals surface area contributed by atoms with E-state index in [1.165, 1.54) is 0 Å². The number of pyridine rings is 1. The summed E-state index contributed by atoms with van der Waals surface area (Å²) in [5.41, 5.74) is 3.19. The molecule has 0 bridgehead atoms. The molecule has 0 amide bonds. The maximum atomic E-state index is 4.90. The van der Waals surface area contributed by atoms with E-state index in [1.807, 2.05) is 109 Å². The summed E-state index contributed by atoms with van der Waals surface area (Å²) in [5, 5.41) is 32.1. The Labute approximate surface area is 244 Å². The first-order valence-electron chi connectivity index (χ1n) is 13.7. The van der Waals surface area contributed by atoms with Gasteiger partial charge in [-0.2, -0.15) is 10.1 Å². The summed E-state index contributed by atoms with van der Waals surface area (Å²) in [6.45, 7) is 0. The van der Waals surface area contributed by atoms with Crippen molar-refractivity contribution in [3.63, 3.8) is 0 Å². The van der Waals surface area contributed by atoms with Crippen LogP contribution in [-0.2, 0) is 0 Å². The van der Waals surface area contributed by atoms with Crippen molar-refractivity contribution in [2.24, 2.45) is 0 Å². The van der Waals surface area contributed by atoms with E-state index in [0.717, 1.165) is 43.7 Å². The molecule has 4 aromatic heterocycles. The van der Waals surface area contributed by atoms with Crippen molar-refractivity contribution in [3.05, 3.63) is 115 Å². The second kappa shape index (κ2) is 10.3. The Bertz CT molecular complexity index is 2300. The van der Waals surface area contributed by atoms with Gasteiger partial charge in [-0.1, -0.05) is 66.7 Å². The van der Waals surface area contributed by atoms with Crippen LogP contribution in [0, 0.1) is 0 Å². The molecule has 8 rings (SSSR count). The highest BCUT2D eigenvalue weighted by Gasteiger charge is 2.16. The minimum absolute atomic E-state index is 0.357. The number of benzene rings is 4. The van der Waals surface area contributed by atoms with Crippen molar-refractivity contribution in [1.82, 2.24) is 35.3 Å². The maximum Gasteiger partial charge on any atom is 0.231 e. The van der Waals surface area contributed by atoms with Crippen molar-refractivity contribution in [2.45, 2.75) is 0 Å². The summed E-state index contributed by atoms with van der Waals surface area (Å²) in [7, 11) is 0. The van der Waals surface area contributed by atoms with Crippen LogP contribution in [0.25, 0.3) is 43.5 Å². The van der Waals surface area contributed by atoms with E-state index in [-0.39, 0.29) is 0 Å². The van der Waals surface area contributed by atoms with E-state index in [9.17, 15) is 0 Å². The van der Waals surface area contributed by atoms with Crippen LogP contribution >= 0.6 is 0 Å². The lowest BCUT2D eigenvalue weighted by molar-refractivity contribution is 1.04. The quantitative estimate of drug-likeness (QED) is 0.191. The van der Waals surface area contributed by atoms with Crippen molar-refractivity contribution < 1.29 is 0 Å². The van der Waals surface area contributed by atoms with Crippen LogP contribution in [0.4, 0.5) is 34.9 Å². The summed E-state index contributed by atoms with van der Waals surface area (Å²) in [6.07, 6.45) is 1.73. The van der Waals surface area contributed by atoms with Gasteiger partial charge in [0.05, 0.1) is 33.8 Å². The van der Waals surface area contributed by atoms with Gasteiger partial charge in [-0.15, -0.1) is 15.3 Å². The molecule has 0 atom stereocenters. The normalized spacial score (nSPS) is 11.3. The summed E-state index contributed by atoms with van der Waals surface area (Å²) < 4.78 is 0. The average molecular weight is 559 g/mol. The molecule has 0 unspecified atom stereocenters. The molecule has 10 nitrogen and oxygen atoms in total. The molecular formula is C33H22N10. The molecule has 10 heteroatoms. The Morgan fingerprint density at radius 1 is 0.465 bits per heavy atom. The van der Waals surface area contributed by atoms with Crippen molar-refractivity contribution in [3.8, 4) is 0 Å². The van der Waals surface area contributed by atoms with E-state index < -0.39 is 0 Å².